The van der Waals surface area contributed by atoms with Crippen molar-refractivity contribution in [2.75, 3.05) is 57.4 Å². The Morgan fingerprint density at radius 2 is 0.407 bits per heavy atom. The fraction of sp³-hybridized carbons (Fsp3) is 0.118. The monoisotopic (exact) mass is 1580 g/mol. The van der Waals surface area contributed by atoms with Gasteiger partial charge in [0.2, 0.25) is 0 Å². The molecule has 16 heteroatoms. The Morgan fingerprint density at radius 1 is 0.203 bits per heavy atom. The molecule has 20 rings (SSSR count). The molecule has 0 fully saturated rings. The summed E-state index contributed by atoms with van der Waals surface area (Å²) in [5, 5.41) is 11.9. The first kappa shape index (κ1) is 73.8. The maximum atomic E-state index is 5.97. The Kier molecular flexibility index (Phi) is 19.3. The van der Waals surface area contributed by atoms with Crippen molar-refractivity contribution in [3.05, 3.63) is 352 Å². The highest BCUT2D eigenvalue weighted by Crippen LogP contribution is 2.48. The minimum atomic E-state index is -2.88. The van der Waals surface area contributed by atoms with Crippen molar-refractivity contribution < 1.29 is 26.6 Å². The fourth-order valence-corrected chi connectivity index (χ4v) is 22.0. The molecule has 0 aliphatic carbocycles. The molecule has 0 aliphatic heterocycles. The van der Waals surface area contributed by atoms with Crippen LogP contribution >= 0.6 is 0 Å². The van der Waals surface area contributed by atoms with E-state index in [4.69, 9.17) is 26.6 Å². The van der Waals surface area contributed by atoms with Crippen molar-refractivity contribution in [1.82, 2.24) is 22.8 Å². The fourth-order valence-electron chi connectivity index (χ4n) is 18.6. The van der Waals surface area contributed by atoms with Gasteiger partial charge in [0.15, 0.2) is 0 Å². The summed E-state index contributed by atoms with van der Waals surface area (Å²) in [6.07, 6.45) is 1.58. The first-order valence-corrected chi connectivity index (χ1v) is 44.2. The molecular weight excluding hydrogens is 1490 g/mol. The van der Waals surface area contributed by atoms with Gasteiger partial charge in [-0.05, 0) is 189 Å². The van der Waals surface area contributed by atoms with Crippen LogP contribution in [0.4, 0.5) is 51.2 Å². The van der Waals surface area contributed by atoms with E-state index in [1.165, 1.54) is 64.9 Å². The average Bonchev–Trinajstić information content (AvgIpc) is 1.60. The topological polar surface area (TPSA) is 89.8 Å². The van der Waals surface area contributed by atoms with E-state index in [1.54, 1.807) is 42.7 Å². The SMILES string of the molecule is CO[Si](CCCn1c2ccccc2c2ccc(N(c3ccc(N(c4ccc(N(c5ccc6c7ccccc7n(CCC[Si](OC)(OC)OC)c6c5)c5ccc6c7ccccc7n(-c7ccccc7)c6c5)cc4)c4ccc5c6ccccc6n(-c6ccccc6)c5c4)cc3)c3ccc4c5ccccc5n(-c5ccccc5)c4c3)cc21)(OC)OC. The zero-order chi connectivity index (χ0) is 79.6. The first-order valence-electron chi connectivity index (χ1n) is 40.4. The van der Waals surface area contributed by atoms with Crippen LogP contribution in [0.1, 0.15) is 12.8 Å². The van der Waals surface area contributed by atoms with E-state index < -0.39 is 17.6 Å². The Balaban J connectivity index is 0.770. The summed E-state index contributed by atoms with van der Waals surface area (Å²) in [5.74, 6) is 0. The van der Waals surface area contributed by atoms with E-state index in [9.17, 15) is 0 Å². The zero-order valence-corrected chi connectivity index (χ0v) is 68.8. The van der Waals surface area contributed by atoms with Gasteiger partial charge < -0.3 is 64.1 Å². The molecule has 0 saturated carbocycles. The second-order valence-corrected chi connectivity index (χ2v) is 36.4. The third kappa shape index (κ3) is 12.6. The summed E-state index contributed by atoms with van der Waals surface area (Å²) in [5.41, 5.74) is 23.6. The predicted octanol–water partition coefficient (Wildman–Crippen LogP) is 26.1. The lowest BCUT2D eigenvalue weighted by atomic mass is 10.1. The smallest absolute Gasteiger partial charge is 0.377 e. The van der Waals surface area contributed by atoms with Gasteiger partial charge >= 0.3 is 17.6 Å². The largest absolute Gasteiger partial charge is 0.500 e. The number of benzene rings is 15. The molecule has 0 bridgehead atoms. The number of rotatable bonds is 26. The molecule has 5 heterocycles. The first-order chi connectivity index (χ1) is 58.2. The van der Waals surface area contributed by atoms with E-state index in [-0.39, 0.29) is 0 Å². The molecule has 5 aromatic heterocycles. The summed E-state index contributed by atoms with van der Waals surface area (Å²) >= 11 is 0. The number of hydrogen-bond donors (Lipinski definition) is 0. The van der Waals surface area contributed by atoms with Crippen LogP contribution in [0.25, 0.3) is 126 Å². The van der Waals surface area contributed by atoms with E-state index in [1.807, 2.05) is 0 Å². The Labute approximate surface area is 687 Å². The molecule has 0 radical (unpaired) electrons. The molecule has 0 amide bonds. The molecule has 0 saturated heterocycles. The average molecular weight is 1580 g/mol. The molecule has 118 heavy (non-hydrogen) atoms. The number of hydrogen-bond acceptors (Lipinski definition) is 9. The molecule has 580 valence electrons. The van der Waals surface area contributed by atoms with Crippen molar-refractivity contribution in [1.29, 1.82) is 0 Å². The lowest BCUT2D eigenvalue weighted by Gasteiger charge is -2.30. The van der Waals surface area contributed by atoms with Crippen LogP contribution in [-0.2, 0) is 39.6 Å². The Bertz CT molecular complexity index is 6770. The number of aryl methyl sites for hydroxylation is 2. The number of para-hydroxylation sites is 8. The highest BCUT2D eigenvalue weighted by Gasteiger charge is 2.38. The lowest BCUT2D eigenvalue weighted by molar-refractivity contribution is 0.122. The molecular formula is C102H88N8O6Si2. The second kappa shape index (κ2) is 30.8. The molecule has 0 atom stereocenters. The van der Waals surface area contributed by atoms with Crippen LogP contribution < -0.4 is 14.7 Å². The molecule has 0 spiro atoms. The van der Waals surface area contributed by atoms with Gasteiger partial charge in [-0.15, -0.1) is 0 Å². The molecule has 20 aromatic rings. The quantitative estimate of drug-likeness (QED) is 0.0492. The van der Waals surface area contributed by atoms with E-state index in [0.29, 0.717) is 12.1 Å². The Hall–Kier alpha value is -13.1. The second-order valence-electron chi connectivity index (χ2n) is 30.2. The van der Waals surface area contributed by atoms with Crippen molar-refractivity contribution in [3.8, 4) is 17.1 Å². The van der Waals surface area contributed by atoms with Gasteiger partial charge in [0.1, 0.15) is 0 Å². The summed E-state index contributed by atoms with van der Waals surface area (Å²) in [6, 6.07) is 131. The van der Waals surface area contributed by atoms with Crippen molar-refractivity contribution in [3.63, 3.8) is 0 Å². The third-order valence-corrected chi connectivity index (χ3v) is 29.8. The van der Waals surface area contributed by atoms with Gasteiger partial charge in [-0.1, -0.05) is 176 Å². The van der Waals surface area contributed by atoms with Crippen molar-refractivity contribution in [2.45, 2.75) is 38.0 Å². The lowest BCUT2D eigenvalue weighted by Crippen LogP contribution is -2.42. The van der Waals surface area contributed by atoms with Gasteiger partial charge in [-0.25, -0.2) is 0 Å². The summed E-state index contributed by atoms with van der Waals surface area (Å²) in [4.78, 5) is 7.28. The highest BCUT2D eigenvalue weighted by atomic mass is 28.4. The maximum absolute atomic E-state index is 5.97. The molecule has 0 aliphatic rings. The van der Waals surface area contributed by atoms with Crippen LogP contribution in [0.2, 0.25) is 12.1 Å². The highest BCUT2D eigenvalue weighted by molar-refractivity contribution is 6.61. The summed E-state index contributed by atoms with van der Waals surface area (Å²) in [7, 11) is 4.41. The van der Waals surface area contributed by atoms with Crippen molar-refractivity contribution >= 4 is 178 Å². The molecule has 15 aromatic carbocycles. The van der Waals surface area contributed by atoms with Gasteiger partial charge in [0, 0.05) is 201 Å². The summed E-state index contributed by atoms with van der Waals surface area (Å²) in [6.45, 7) is 1.45. The molecule has 0 N–H and O–H groups in total. The minimum absolute atomic E-state index is 0.664. The van der Waals surface area contributed by atoms with E-state index >= 15 is 0 Å². The predicted molar refractivity (Wildman–Crippen MR) is 492 cm³/mol. The van der Waals surface area contributed by atoms with Gasteiger partial charge in [0.05, 0.1) is 44.1 Å². The Morgan fingerprint density at radius 3 is 0.678 bits per heavy atom. The maximum Gasteiger partial charge on any atom is 0.500 e. The number of aromatic nitrogens is 5. The number of fused-ring (bicyclic) bond motifs is 15. The number of nitrogens with zero attached hydrogens (tertiary/aromatic N) is 8. The van der Waals surface area contributed by atoms with E-state index in [2.05, 4.69) is 389 Å². The third-order valence-electron chi connectivity index (χ3n) is 24.1. The normalized spacial score (nSPS) is 12.2. The zero-order valence-electron chi connectivity index (χ0n) is 66.8. The molecule has 14 nitrogen and oxygen atoms in total. The van der Waals surface area contributed by atoms with Crippen LogP contribution in [-0.4, -0.2) is 83.1 Å². The van der Waals surface area contributed by atoms with Gasteiger partial charge in [-0.3, -0.25) is 0 Å². The van der Waals surface area contributed by atoms with Crippen LogP contribution in [0.15, 0.2) is 352 Å². The standard InChI is InChI=1S/C102H88N8O6Si2/c1-111-117(112-2,113-3)64-26-62-103-93-39-21-16-34-83(93)88-57-52-78(66-98(88)103)106(81-55-60-91-86-37-19-24-42-96(86)109(101(91)69-81)72-30-12-8-13-31-72)76-48-44-74(45-49-76)105(80-54-59-90-85-36-18-23-41-95(85)108(100(90)68-80)71-28-10-7-11-29-71)75-46-50-77(51-47-75)107(82-56-61-92-87-38-20-25-43-97(87)110(102(92)70-82)73-32-14-9-15-33-73)79-53-58-89-84-35-17-22-40-94(84)104(99(89)67-79)63-27-65-118(114-4,115-5)116-6/h7-25,28-61,66-70H,26-27,62-65H2,1-6H3. The van der Waals surface area contributed by atoms with Gasteiger partial charge in [-0.2, -0.15) is 0 Å². The number of anilines is 9. The van der Waals surface area contributed by atoms with Crippen LogP contribution in [0.5, 0.6) is 0 Å². The van der Waals surface area contributed by atoms with Crippen molar-refractivity contribution in [2.24, 2.45) is 0 Å². The van der Waals surface area contributed by atoms with Gasteiger partial charge in [0.25, 0.3) is 0 Å². The van der Waals surface area contributed by atoms with Crippen LogP contribution in [0, 0.1) is 0 Å². The summed E-state index contributed by atoms with van der Waals surface area (Å²) < 4.78 is 48.0. The molecule has 0 unspecified atom stereocenters. The van der Waals surface area contributed by atoms with E-state index in [0.717, 1.165) is 138 Å². The minimum Gasteiger partial charge on any atom is -0.377 e. The van der Waals surface area contributed by atoms with Crippen LogP contribution in [0.3, 0.4) is 0 Å².